The number of hydrogen-bond donors (Lipinski definition) is 0. The zero-order valence-electron chi connectivity index (χ0n) is 16.1. The minimum Gasteiger partial charge on any atom is -0.493 e. The van der Waals surface area contributed by atoms with E-state index in [1.165, 1.54) is 30.7 Å². The van der Waals surface area contributed by atoms with Crippen LogP contribution < -0.4 is 14.2 Å². The maximum atomic E-state index is 13.0. The minimum absolute atomic E-state index is 0.123. The number of carbonyl (C=O) groups excluding carboxylic acids is 1. The Morgan fingerprint density at radius 2 is 1.62 bits per heavy atom. The lowest BCUT2D eigenvalue weighted by atomic mass is 9.98. The lowest BCUT2D eigenvalue weighted by Gasteiger charge is -2.30. The van der Waals surface area contributed by atoms with E-state index in [1.54, 1.807) is 30.3 Å². The molecule has 29 heavy (non-hydrogen) atoms. The lowest BCUT2D eigenvalue weighted by molar-refractivity contribution is -0.140. The Labute approximate surface area is 175 Å². The van der Waals surface area contributed by atoms with Crippen molar-refractivity contribution in [1.29, 1.82) is 0 Å². The molecule has 0 aromatic heterocycles. The molecular weight excluding hydrogens is 418 g/mol. The molecule has 1 fully saturated rings. The van der Waals surface area contributed by atoms with Crippen molar-refractivity contribution in [3.8, 4) is 17.2 Å². The summed E-state index contributed by atoms with van der Waals surface area (Å²) in [4.78, 5) is 12.5. The number of methoxy groups -OCH3 is 2. The molecule has 7 nitrogen and oxygen atoms in total. The number of piperidine rings is 1. The van der Waals surface area contributed by atoms with Crippen LogP contribution in [0.4, 0.5) is 0 Å². The summed E-state index contributed by atoms with van der Waals surface area (Å²) in [6, 6.07) is 11.0. The van der Waals surface area contributed by atoms with Gasteiger partial charge in [-0.1, -0.05) is 11.6 Å². The fourth-order valence-corrected chi connectivity index (χ4v) is 4.77. The van der Waals surface area contributed by atoms with Gasteiger partial charge < -0.3 is 14.2 Å². The van der Waals surface area contributed by atoms with E-state index >= 15 is 0 Å². The van der Waals surface area contributed by atoms with Crippen molar-refractivity contribution in [2.45, 2.75) is 17.7 Å². The molecule has 1 aliphatic rings. The first kappa shape index (κ1) is 21.4. The second kappa shape index (κ2) is 9.02. The molecule has 0 aliphatic carbocycles. The van der Waals surface area contributed by atoms with Crippen LogP contribution in [0, 0.1) is 5.92 Å². The van der Waals surface area contributed by atoms with Crippen molar-refractivity contribution in [3.63, 3.8) is 0 Å². The van der Waals surface area contributed by atoms with Gasteiger partial charge in [-0.05, 0) is 49.2 Å². The van der Waals surface area contributed by atoms with Crippen LogP contribution in [-0.4, -0.2) is 46.0 Å². The summed E-state index contributed by atoms with van der Waals surface area (Å²) in [6.45, 7) is 0.466. The molecule has 0 radical (unpaired) electrons. The highest BCUT2D eigenvalue weighted by atomic mass is 35.5. The summed E-state index contributed by atoms with van der Waals surface area (Å²) in [5.41, 5.74) is 0. The first-order valence-electron chi connectivity index (χ1n) is 9.04. The Morgan fingerprint density at radius 3 is 2.21 bits per heavy atom. The Bertz CT molecular complexity index is 969. The summed E-state index contributed by atoms with van der Waals surface area (Å²) in [7, 11) is -0.765. The SMILES string of the molecule is COc1ccc(S(=O)(=O)N2CCC(C(=O)Oc3ccc(Cl)cc3)CC2)cc1OC. The first-order chi connectivity index (χ1) is 13.8. The highest BCUT2D eigenvalue weighted by molar-refractivity contribution is 7.89. The van der Waals surface area contributed by atoms with Gasteiger partial charge in [0.2, 0.25) is 10.0 Å². The fraction of sp³-hybridized carbons (Fsp3) is 0.350. The van der Waals surface area contributed by atoms with Crippen LogP contribution in [-0.2, 0) is 14.8 Å². The number of ether oxygens (including phenoxy) is 3. The van der Waals surface area contributed by atoms with E-state index in [-0.39, 0.29) is 29.9 Å². The van der Waals surface area contributed by atoms with Crippen molar-refractivity contribution in [2.24, 2.45) is 5.92 Å². The standard InChI is InChI=1S/C20H22ClNO6S/c1-26-18-8-7-17(13-19(18)27-2)29(24,25)22-11-9-14(10-12-22)20(23)28-16-5-3-15(21)4-6-16/h3-8,13-14H,9-12H2,1-2H3. The Balaban J connectivity index is 1.65. The van der Waals surface area contributed by atoms with E-state index in [4.69, 9.17) is 25.8 Å². The third-order valence-electron chi connectivity index (χ3n) is 4.81. The smallest absolute Gasteiger partial charge is 0.314 e. The van der Waals surface area contributed by atoms with Crippen molar-refractivity contribution < 1.29 is 27.4 Å². The largest absolute Gasteiger partial charge is 0.493 e. The Morgan fingerprint density at radius 1 is 1.00 bits per heavy atom. The number of hydrogen-bond acceptors (Lipinski definition) is 6. The molecule has 1 heterocycles. The number of rotatable bonds is 6. The van der Waals surface area contributed by atoms with Crippen LogP contribution in [0.25, 0.3) is 0 Å². The number of benzene rings is 2. The summed E-state index contributed by atoms with van der Waals surface area (Å²) >= 11 is 5.82. The molecule has 1 aliphatic heterocycles. The third kappa shape index (κ3) is 4.83. The van der Waals surface area contributed by atoms with Crippen molar-refractivity contribution in [1.82, 2.24) is 4.31 Å². The number of esters is 1. The Kier molecular flexibility index (Phi) is 6.66. The molecule has 0 N–H and O–H groups in total. The highest BCUT2D eigenvalue weighted by Crippen LogP contribution is 2.32. The monoisotopic (exact) mass is 439 g/mol. The molecule has 0 atom stereocenters. The minimum atomic E-state index is -3.70. The molecule has 2 aromatic carbocycles. The van der Waals surface area contributed by atoms with Gasteiger partial charge in [0, 0.05) is 24.2 Å². The van der Waals surface area contributed by atoms with Crippen LogP contribution >= 0.6 is 11.6 Å². The molecule has 156 valence electrons. The van der Waals surface area contributed by atoms with Gasteiger partial charge in [0.25, 0.3) is 0 Å². The number of nitrogens with zero attached hydrogens (tertiary/aromatic N) is 1. The molecule has 0 unspecified atom stereocenters. The molecule has 0 amide bonds. The average molecular weight is 440 g/mol. The van der Waals surface area contributed by atoms with Gasteiger partial charge in [-0.3, -0.25) is 4.79 Å². The first-order valence-corrected chi connectivity index (χ1v) is 10.9. The van der Waals surface area contributed by atoms with Crippen molar-refractivity contribution in [3.05, 3.63) is 47.5 Å². The summed E-state index contributed by atoms with van der Waals surface area (Å²) in [5, 5.41) is 0.554. The lowest BCUT2D eigenvalue weighted by Crippen LogP contribution is -2.41. The van der Waals surface area contributed by atoms with Crippen LogP contribution in [0.2, 0.25) is 5.02 Å². The summed E-state index contributed by atoms with van der Waals surface area (Å²) in [6.07, 6.45) is 0.776. The molecule has 0 spiro atoms. The van der Waals surface area contributed by atoms with E-state index in [2.05, 4.69) is 0 Å². The molecule has 1 saturated heterocycles. The van der Waals surface area contributed by atoms with Crippen LogP contribution in [0.1, 0.15) is 12.8 Å². The highest BCUT2D eigenvalue weighted by Gasteiger charge is 2.33. The topological polar surface area (TPSA) is 82.1 Å². The van der Waals surface area contributed by atoms with E-state index in [0.717, 1.165) is 0 Å². The van der Waals surface area contributed by atoms with Crippen molar-refractivity contribution >= 4 is 27.6 Å². The molecule has 2 aromatic rings. The van der Waals surface area contributed by atoms with Gasteiger partial charge in [-0.25, -0.2) is 8.42 Å². The predicted octanol–water partition coefficient (Wildman–Crippen LogP) is 3.36. The van der Waals surface area contributed by atoms with E-state index < -0.39 is 10.0 Å². The molecule has 3 rings (SSSR count). The average Bonchev–Trinajstić information content (AvgIpc) is 2.74. The van der Waals surface area contributed by atoms with E-state index in [1.807, 2.05) is 0 Å². The number of carbonyl (C=O) groups is 1. The summed E-state index contributed by atoms with van der Waals surface area (Å²) < 4.78 is 43.0. The van der Waals surface area contributed by atoms with Crippen LogP contribution in [0.3, 0.4) is 0 Å². The fourth-order valence-electron chi connectivity index (χ4n) is 3.16. The van der Waals surface area contributed by atoms with Gasteiger partial charge >= 0.3 is 5.97 Å². The van der Waals surface area contributed by atoms with E-state index in [0.29, 0.717) is 35.1 Å². The van der Waals surface area contributed by atoms with Gasteiger partial charge in [0.1, 0.15) is 5.75 Å². The van der Waals surface area contributed by atoms with Gasteiger partial charge in [-0.15, -0.1) is 0 Å². The second-order valence-corrected chi connectivity index (χ2v) is 8.94. The molecule has 9 heteroatoms. The number of sulfonamides is 1. The molecule has 0 bridgehead atoms. The van der Waals surface area contributed by atoms with Gasteiger partial charge in [0.05, 0.1) is 25.0 Å². The second-order valence-electron chi connectivity index (χ2n) is 6.57. The quantitative estimate of drug-likeness (QED) is 0.507. The third-order valence-corrected chi connectivity index (χ3v) is 6.96. The van der Waals surface area contributed by atoms with Crippen LogP contribution in [0.5, 0.6) is 17.2 Å². The summed E-state index contributed by atoms with van der Waals surface area (Å²) in [5.74, 6) is 0.489. The Hall–Kier alpha value is -2.29. The van der Waals surface area contributed by atoms with E-state index in [9.17, 15) is 13.2 Å². The zero-order valence-corrected chi connectivity index (χ0v) is 17.7. The number of halogens is 1. The zero-order chi connectivity index (χ0) is 21.0. The normalized spacial score (nSPS) is 15.7. The van der Waals surface area contributed by atoms with Crippen molar-refractivity contribution in [2.75, 3.05) is 27.3 Å². The maximum Gasteiger partial charge on any atom is 0.314 e. The maximum absolute atomic E-state index is 13.0. The van der Waals surface area contributed by atoms with Crippen LogP contribution in [0.15, 0.2) is 47.4 Å². The molecular formula is C20H22ClNO6S. The molecule has 0 saturated carbocycles. The van der Waals surface area contributed by atoms with Gasteiger partial charge in [0.15, 0.2) is 11.5 Å². The predicted molar refractivity (Wildman–Crippen MR) is 108 cm³/mol. The van der Waals surface area contributed by atoms with Gasteiger partial charge in [-0.2, -0.15) is 4.31 Å².